The maximum Gasteiger partial charge on any atom is 0.263 e. The van der Waals surface area contributed by atoms with Crippen LogP contribution in [0.15, 0.2) is 42.5 Å². The van der Waals surface area contributed by atoms with Crippen molar-refractivity contribution in [3.05, 3.63) is 42.5 Å². The summed E-state index contributed by atoms with van der Waals surface area (Å²) in [6, 6.07) is 14.2. The number of carbonyl (C=O) groups excluding carboxylic acids is 1. The molecule has 0 spiro atoms. The van der Waals surface area contributed by atoms with Gasteiger partial charge in [0.1, 0.15) is 5.75 Å². The van der Waals surface area contributed by atoms with Gasteiger partial charge in [-0.05, 0) is 48.1 Å². The van der Waals surface area contributed by atoms with Crippen LogP contribution in [-0.4, -0.2) is 30.0 Å². The summed E-state index contributed by atoms with van der Waals surface area (Å²) in [7, 11) is 0. The van der Waals surface area contributed by atoms with E-state index in [9.17, 15) is 4.79 Å². The molecule has 1 fully saturated rings. The highest BCUT2D eigenvalue weighted by Crippen LogP contribution is 2.23. The van der Waals surface area contributed by atoms with Gasteiger partial charge in [0.05, 0.1) is 0 Å². The highest BCUT2D eigenvalue weighted by Gasteiger charge is 2.27. The molecule has 0 saturated carbocycles. The van der Waals surface area contributed by atoms with Crippen molar-refractivity contribution in [1.82, 2.24) is 4.90 Å². The van der Waals surface area contributed by atoms with Crippen molar-refractivity contribution in [2.24, 2.45) is 5.92 Å². The molecular weight excluding hydrogens is 286 g/mol. The summed E-state index contributed by atoms with van der Waals surface area (Å²) in [6.45, 7) is 5.94. The van der Waals surface area contributed by atoms with Crippen LogP contribution in [0, 0.1) is 5.92 Å². The lowest BCUT2D eigenvalue weighted by Crippen LogP contribution is -2.46. The zero-order valence-corrected chi connectivity index (χ0v) is 14.0. The lowest BCUT2D eigenvalue weighted by Gasteiger charge is -2.33. The summed E-state index contributed by atoms with van der Waals surface area (Å²) in [5, 5.41) is 2.32. The molecule has 0 N–H and O–H groups in total. The molecule has 0 radical (unpaired) electrons. The van der Waals surface area contributed by atoms with E-state index in [1.54, 1.807) is 0 Å². The molecule has 0 aliphatic carbocycles. The average Bonchev–Trinajstić information content (AvgIpc) is 2.59. The second-order valence-corrected chi connectivity index (χ2v) is 6.56. The Bertz CT molecular complexity index is 682. The van der Waals surface area contributed by atoms with Crippen LogP contribution in [0.5, 0.6) is 5.75 Å². The van der Waals surface area contributed by atoms with Gasteiger partial charge in [0.2, 0.25) is 0 Å². The monoisotopic (exact) mass is 311 g/mol. The fourth-order valence-corrected chi connectivity index (χ4v) is 3.31. The van der Waals surface area contributed by atoms with E-state index in [2.05, 4.69) is 19.1 Å². The van der Waals surface area contributed by atoms with Crippen molar-refractivity contribution < 1.29 is 9.53 Å². The van der Waals surface area contributed by atoms with E-state index in [0.29, 0.717) is 12.3 Å². The van der Waals surface area contributed by atoms with Crippen molar-refractivity contribution in [2.75, 3.05) is 13.1 Å². The Kier molecular flexibility index (Phi) is 4.85. The van der Waals surface area contributed by atoms with E-state index in [-0.39, 0.29) is 12.0 Å². The Labute approximate surface area is 138 Å². The molecule has 0 bridgehead atoms. The summed E-state index contributed by atoms with van der Waals surface area (Å²) in [4.78, 5) is 14.7. The van der Waals surface area contributed by atoms with Gasteiger partial charge < -0.3 is 9.64 Å². The van der Waals surface area contributed by atoms with Crippen LogP contribution in [-0.2, 0) is 4.79 Å². The Morgan fingerprint density at radius 1 is 1.26 bits per heavy atom. The molecule has 1 aliphatic rings. The molecule has 3 rings (SSSR count). The first kappa shape index (κ1) is 15.9. The highest BCUT2D eigenvalue weighted by molar-refractivity contribution is 5.84. The number of nitrogens with zero attached hydrogens (tertiary/aromatic N) is 1. The lowest BCUT2D eigenvalue weighted by atomic mass is 9.99. The van der Waals surface area contributed by atoms with E-state index in [4.69, 9.17) is 4.74 Å². The van der Waals surface area contributed by atoms with Gasteiger partial charge in [-0.15, -0.1) is 0 Å². The summed E-state index contributed by atoms with van der Waals surface area (Å²) in [5.74, 6) is 1.49. The molecule has 1 heterocycles. The molecule has 0 aromatic heterocycles. The van der Waals surface area contributed by atoms with Crippen LogP contribution >= 0.6 is 0 Å². The molecule has 1 saturated heterocycles. The van der Waals surface area contributed by atoms with Gasteiger partial charge in [0, 0.05) is 13.1 Å². The summed E-state index contributed by atoms with van der Waals surface area (Å²) >= 11 is 0. The smallest absolute Gasteiger partial charge is 0.263 e. The van der Waals surface area contributed by atoms with E-state index in [1.807, 2.05) is 42.2 Å². The average molecular weight is 311 g/mol. The van der Waals surface area contributed by atoms with E-state index in [0.717, 1.165) is 30.6 Å². The van der Waals surface area contributed by atoms with Crippen LogP contribution < -0.4 is 4.74 Å². The fourth-order valence-electron chi connectivity index (χ4n) is 3.31. The van der Waals surface area contributed by atoms with Gasteiger partial charge in [-0.3, -0.25) is 4.79 Å². The predicted octanol–water partition coefficient (Wildman–Crippen LogP) is 4.26. The molecule has 2 aromatic rings. The standard InChI is InChI=1S/C20H25NO2/c1-3-19(20(22)21-12-6-7-15(2)14-21)23-18-11-10-16-8-4-5-9-17(16)13-18/h4-5,8-11,13,15,19H,3,6-7,12,14H2,1-2H3/t15-,19-/m0/s1. The minimum absolute atomic E-state index is 0.132. The third-order valence-corrected chi connectivity index (χ3v) is 4.61. The van der Waals surface area contributed by atoms with E-state index >= 15 is 0 Å². The largest absolute Gasteiger partial charge is 0.481 e. The van der Waals surface area contributed by atoms with Crippen LogP contribution in [0.2, 0.25) is 0 Å². The third kappa shape index (κ3) is 3.66. The second kappa shape index (κ2) is 7.03. The Hall–Kier alpha value is -2.03. The first-order valence-electron chi connectivity index (χ1n) is 8.61. The molecule has 3 heteroatoms. The van der Waals surface area contributed by atoms with Gasteiger partial charge in [-0.2, -0.15) is 0 Å². The topological polar surface area (TPSA) is 29.5 Å². The molecule has 122 valence electrons. The zero-order valence-electron chi connectivity index (χ0n) is 14.0. The number of ether oxygens (including phenoxy) is 1. The van der Waals surface area contributed by atoms with Crippen molar-refractivity contribution in [1.29, 1.82) is 0 Å². The number of benzene rings is 2. The third-order valence-electron chi connectivity index (χ3n) is 4.61. The number of hydrogen-bond acceptors (Lipinski definition) is 2. The maximum absolute atomic E-state index is 12.7. The first-order chi connectivity index (χ1) is 11.2. The highest BCUT2D eigenvalue weighted by atomic mass is 16.5. The molecule has 1 aliphatic heterocycles. The molecular formula is C20H25NO2. The number of amides is 1. The Balaban J connectivity index is 1.73. The fraction of sp³-hybridized carbons (Fsp3) is 0.450. The van der Waals surface area contributed by atoms with Crippen molar-refractivity contribution >= 4 is 16.7 Å². The van der Waals surface area contributed by atoms with E-state index in [1.165, 1.54) is 11.8 Å². The minimum Gasteiger partial charge on any atom is -0.481 e. The summed E-state index contributed by atoms with van der Waals surface area (Å²) < 4.78 is 6.03. The van der Waals surface area contributed by atoms with Crippen molar-refractivity contribution in [3.8, 4) is 5.75 Å². The van der Waals surface area contributed by atoms with E-state index < -0.39 is 0 Å². The molecule has 23 heavy (non-hydrogen) atoms. The number of piperidine rings is 1. The summed E-state index contributed by atoms with van der Waals surface area (Å²) in [5.41, 5.74) is 0. The number of hydrogen-bond donors (Lipinski definition) is 0. The van der Waals surface area contributed by atoms with Crippen LogP contribution in [0.3, 0.4) is 0 Å². The second-order valence-electron chi connectivity index (χ2n) is 6.56. The number of carbonyl (C=O) groups is 1. The first-order valence-corrected chi connectivity index (χ1v) is 8.61. The zero-order chi connectivity index (χ0) is 16.2. The van der Waals surface area contributed by atoms with Gasteiger partial charge in [0.15, 0.2) is 6.10 Å². The normalized spacial score (nSPS) is 19.6. The van der Waals surface area contributed by atoms with Crippen LogP contribution in [0.25, 0.3) is 10.8 Å². The quantitative estimate of drug-likeness (QED) is 0.844. The van der Waals surface area contributed by atoms with Crippen molar-refractivity contribution in [3.63, 3.8) is 0 Å². The SMILES string of the molecule is CC[C@H](Oc1ccc2ccccc2c1)C(=O)N1CCC[C@H](C)C1. The van der Waals surface area contributed by atoms with Gasteiger partial charge in [0.25, 0.3) is 5.91 Å². The molecule has 0 unspecified atom stereocenters. The maximum atomic E-state index is 12.7. The molecule has 1 amide bonds. The van der Waals surface area contributed by atoms with Crippen LogP contribution in [0.1, 0.15) is 33.1 Å². The molecule has 3 nitrogen and oxygen atoms in total. The Morgan fingerprint density at radius 3 is 2.78 bits per heavy atom. The van der Waals surface area contributed by atoms with Gasteiger partial charge >= 0.3 is 0 Å². The van der Waals surface area contributed by atoms with Crippen molar-refractivity contribution in [2.45, 2.75) is 39.2 Å². The lowest BCUT2D eigenvalue weighted by molar-refractivity contribution is -0.140. The molecule has 2 atom stereocenters. The molecule has 2 aromatic carbocycles. The van der Waals surface area contributed by atoms with Gasteiger partial charge in [-0.25, -0.2) is 0 Å². The minimum atomic E-state index is -0.388. The Morgan fingerprint density at radius 2 is 2.04 bits per heavy atom. The number of fused-ring (bicyclic) bond motifs is 1. The predicted molar refractivity (Wildman–Crippen MR) is 93.6 cm³/mol. The van der Waals surface area contributed by atoms with Crippen LogP contribution in [0.4, 0.5) is 0 Å². The number of rotatable bonds is 4. The van der Waals surface area contributed by atoms with Gasteiger partial charge in [-0.1, -0.05) is 44.2 Å². The number of likely N-dealkylation sites (tertiary alicyclic amines) is 1. The summed E-state index contributed by atoms with van der Waals surface area (Å²) in [6.07, 6.45) is 2.61.